The Bertz CT molecular complexity index is 750. The summed E-state index contributed by atoms with van der Waals surface area (Å²) in [5.74, 6) is -2.92. The molecule has 2 rings (SSSR count). The molecule has 0 atom stereocenters. The number of esters is 2. The van der Waals surface area contributed by atoms with E-state index in [0.29, 0.717) is 11.1 Å². The molecule has 1 saturated heterocycles. The van der Waals surface area contributed by atoms with Crippen LogP contribution in [0.25, 0.3) is 0 Å². The first-order valence-electron chi connectivity index (χ1n) is 8.71. The molecule has 7 heteroatoms. The first-order chi connectivity index (χ1) is 12.3. The van der Waals surface area contributed by atoms with Crippen LogP contribution in [-0.4, -0.2) is 31.3 Å². The summed E-state index contributed by atoms with van der Waals surface area (Å²) in [5.41, 5.74) is -0.402. The van der Waals surface area contributed by atoms with E-state index in [0.717, 1.165) is 0 Å². The number of phenols is 1. The van der Waals surface area contributed by atoms with Crippen molar-refractivity contribution in [2.24, 2.45) is 5.41 Å². The van der Waals surface area contributed by atoms with Gasteiger partial charge in [-0.2, -0.15) is 0 Å². The molecule has 0 aromatic heterocycles. The van der Waals surface area contributed by atoms with Crippen LogP contribution in [-0.2, 0) is 30.3 Å². The average Bonchev–Trinajstić information content (AvgIpc) is 2.51. The van der Waals surface area contributed by atoms with Crippen molar-refractivity contribution >= 4 is 11.9 Å². The summed E-state index contributed by atoms with van der Waals surface area (Å²) in [6.07, 6.45) is -0.449. The Hall–Kier alpha value is -2.44. The lowest BCUT2D eigenvalue weighted by atomic mass is 9.73. The van der Waals surface area contributed by atoms with Crippen LogP contribution >= 0.6 is 0 Å². The Morgan fingerprint density at radius 2 is 1.52 bits per heavy atom. The quantitative estimate of drug-likeness (QED) is 0.635. The number of hydrogen-bond donors (Lipinski definition) is 1. The Kier molecular flexibility index (Phi) is 5.12. The third-order valence-electron chi connectivity index (χ3n) is 4.54. The largest absolute Gasteiger partial charge is 0.502 e. The van der Waals surface area contributed by atoms with Gasteiger partial charge in [-0.05, 0) is 11.5 Å². The van der Waals surface area contributed by atoms with Gasteiger partial charge >= 0.3 is 11.9 Å². The first kappa shape index (κ1) is 20.9. The first-order valence-corrected chi connectivity index (χ1v) is 8.71. The van der Waals surface area contributed by atoms with Crippen LogP contribution in [0.1, 0.15) is 59.1 Å². The molecule has 1 aromatic carbocycles. The van der Waals surface area contributed by atoms with E-state index in [4.69, 9.17) is 18.9 Å². The molecule has 0 bridgehead atoms. The summed E-state index contributed by atoms with van der Waals surface area (Å²) >= 11 is 0. The number of cyclic esters (lactones) is 2. The predicted molar refractivity (Wildman–Crippen MR) is 97.8 cm³/mol. The molecule has 150 valence electrons. The number of aromatic hydroxyl groups is 1. The summed E-state index contributed by atoms with van der Waals surface area (Å²) in [4.78, 5) is 24.4. The van der Waals surface area contributed by atoms with E-state index in [1.165, 1.54) is 20.3 Å². The molecule has 1 aliphatic heterocycles. The van der Waals surface area contributed by atoms with E-state index in [1.54, 1.807) is 20.8 Å². The maximum Gasteiger partial charge on any atom is 0.320 e. The molecule has 0 radical (unpaired) electrons. The molecule has 0 amide bonds. The number of ether oxygens (including phenoxy) is 4. The van der Waals surface area contributed by atoms with E-state index in [1.807, 2.05) is 20.8 Å². The van der Waals surface area contributed by atoms with E-state index >= 15 is 0 Å². The van der Waals surface area contributed by atoms with Gasteiger partial charge in [0.1, 0.15) is 6.42 Å². The normalized spacial score (nSPS) is 17.2. The van der Waals surface area contributed by atoms with Gasteiger partial charge in [-0.25, -0.2) is 0 Å². The van der Waals surface area contributed by atoms with Crippen molar-refractivity contribution in [2.75, 3.05) is 14.2 Å². The van der Waals surface area contributed by atoms with Crippen molar-refractivity contribution in [3.63, 3.8) is 0 Å². The van der Waals surface area contributed by atoms with E-state index in [2.05, 4.69) is 0 Å². The number of benzene rings is 1. The summed E-state index contributed by atoms with van der Waals surface area (Å²) in [6, 6.07) is 1.54. The zero-order valence-electron chi connectivity index (χ0n) is 17.2. The summed E-state index contributed by atoms with van der Waals surface area (Å²) in [6.45, 7) is 11.2. The van der Waals surface area contributed by atoms with Crippen molar-refractivity contribution in [3.8, 4) is 17.2 Å². The molecule has 0 aliphatic carbocycles. The highest BCUT2D eigenvalue weighted by Crippen LogP contribution is 2.55. The van der Waals surface area contributed by atoms with Crippen LogP contribution in [0.3, 0.4) is 0 Å². The summed E-state index contributed by atoms with van der Waals surface area (Å²) in [5, 5.41) is 10.6. The predicted octanol–water partition coefficient (Wildman–Crippen LogP) is 3.40. The molecular formula is C20H28O7. The van der Waals surface area contributed by atoms with Gasteiger partial charge in [-0.3, -0.25) is 9.59 Å². The molecule has 0 spiro atoms. The van der Waals surface area contributed by atoms with E-state index < -0.39 is 35.0 Å². The van der Waals surface area contributed by atoms with Gasteiger partial charge < -0.3 is 24.1 Å². The van der Waals surface area contributed by atoms with Gasteiger partial charge in [0, 0.05) is 16.5 Å². The minimum Gasteiger partial charge on any atom is -0.502 e. The SMILES string of the molecule is COc1cc(C2(C(C)(C)C)OC(=O)CC(=O)O2)c(C(C)(C)C)c(OC)c1O. The smallest absolute Gasteiger partial charge is 0.320 e. The molecule has 1 fully saturated rings. The maximum absolute atomic E-state index is 12.2. The van der Waals surface area contributed by atoms with Gasteiger partial charge in [-0.1, -0.05) is 41.5 Å². The average molecular weight is 380 g/mol. The maximum atomic E-state index is 12.2. The Balaban J connectivity index is 2.99. The molecule has 1 heterocycles. The fraction of sp³-hybridized carbons (Fsp3) is 0.600. The van der Waals surface area contributed by atoms with Crippen LogP contribution in [0.15, 0.2) is 6.07 Å². The van der Waals surface area contributed by atoms with E-state index in [9.17, 15) is 14.7 Å². The highest BCUT2D eigenvalue weighted by atomic mass is 16.7. The molecule has 1 aliphatic rings. The fourth-order valence-corrected chi connectivity index (χ4v) is 3.33. The molecule has 1 aromatic rings. The van der Waals surface area contributed by atoms with Crippen LogP contribution < -0.4 is 9.47 Å². The second-order valence-electron chi connectivity index (χ2n) is 8.62. The van der Waals surface area contributed by atoms with Gasteiger partial charge in [-0.15, -0.1) is 0 Å². The molecule has 7 nitrogen and oxygen atoms in total. The van der Waals surface area contributed by atoms with Gasteiger partial charge in [0.2, 0.25) is 5.75 Å². The number of carbonyl (C=O) groups excluding carboxylic acids is 2. The number of carbonyl (C=O) groups is 2. The van der Waals surface area contributed by atoms with Crippen molar-refractivity contribution in [1.82, 2.24) is 0 Å². The van der Waals surface area contributed by atoms with Crippen LogP contribution in [0.5, 0.6) is 17.2 Å². The topological polar surface area (TPSA) is 91.3 Å². The fourth-order valence-electron chi connectivity index (χ4n) is 3.33. The van der Waals surface area contributed by atoms with Gasteiger partial charge in [0.15, 0.2) is 11.5 Å². The second kappa shape index (κ2) is 6.62. The number of phenolic OH excluding ortho intramolecular Hbond substituents is 1. The standard InChI is InChI=1S/C20H28O7/c1-18(2,3)15-11(9-12(24-7)16(23)17(15)25-8)20(19(4,5)6)26-13(21)10-14(22)27-20/h9,23H,10H2,1-8H3. The third-order valence-corrected chi connectivity index (χ3v) is 4.54. The highest BCUT2D eigenvalue weighted by Gasteiger charge is 2.56. The summed E-state index contributed by atoms with van der Waals surface area (Å²) < 4.78 is 22.2. The minimum atomic E-state index is -1.70. The third kappa shape index (κ3) is 3.42. The lowest BCUT2D eigenvalue weighted by Gasteiger charge is -2.46. The van der Waals surface area contributed by atoms with Crippen LogP contribution in [0.2, 0.25) is 0 Å². The van der Waals surface area contributed by atoms with Crippen molar-refractivity contribution in [2.45, 2.75) is 59.2 Å². The molecule has 27 heavy (non-hydrogen) atoms. The number of hydrogen-bond acceptors (Lipinski definition) is 7. The van der Waals surface area contributed by atoms with Crippen molar-refractivity contribution in [1.29, 1.82) is 0 Å². The van der Waals surface area contributed by atoms with Crippen molar-refractivity contribution in [3.05, 3.63) is 17.2 Å². The van der Waals surface area contributed by atoms with E-state index in [-0.39, 0.29) is 17.2 Å². The Morgan fingerprint density at radius 3 is 1.89 bits per heavy atom. The monoisotopic (exact) mass is 380 g/mol. The van der Waals surface area contributed by atoms with Crippen molar-refractivity contribution < 1.29 is 33.6 Å². The lowest BCUT2D eigenvalue weighted by molar-refractivity contribution is -0.286. The Morgan fingerprint density at radius 1 is 1.00 bits per heavy atom. The van der Waals surface area contributed by atoms with Crippen LogP contribution in [0.4, 0.5) is 0 Å². The molecular weight excluding hydrogens is 352 g/mol. The molecule has 0 unspecified atom stereocenters. The number of methoxy groups -OCH3 is 2. The number of rotatable bonds is 3. The zero-order valence-corrected chi connectivity index (χ0v) is 17.2. The van der Waals surface area contributed by atoms with Gasteiger partial charge in [0.05, 0.1) is 14.2 Å². The lowest BCUT2D eigenvalue weighted by Crippen LogP contribution is -2.52. The zero-order chi connectivity index (χ0) is 20.8. The Labute approximate surface area is 159 Å². The second-order valence-corrected chi connectivity index (χ2v) is 8.62. The van der Waals surface area contributed by atoms with Crippen LogP contribution in [0, 0.1) is 5.41 Å². The highest BCUT2D eigenvalue weighted by molar-refractivity contribution is 5.93. The van der Waals surface area contributed by atoms with Gasteiger partial charge in [0.25, 0.3) is 5.79 Å². The minimum absolute atomic E-state index is 0.121. The molecule has 0 saturated carbocycles. The molecule has 1 N–H and O–H groups in total. The summed E-state index contributed by atoms with van der Waals surface area (Å²) in [7, 11) is 2.83.